The first kappa shape index (κ1) is 29.9. The van der Waals surface area contributed by atoms with E-state index in [1.165, 1.54) is 0 Å². The number of aliphatic imine (C=N–C) groups is 1. The van der Waals surface area contributed by atoms with Gasteiger partial charge in [0, 0.05) is 18.0 Å². The molecule has 1 aromatic carbocycles. The van der Waals surface area contributed by atoms with Crippen LogP contribution in [0, 0.1) is 22.7 Å². The first-order valence-electron chi connectivity index (χ1n) is 14.2. The van der Waals surface area contributed by atoms with Gasteiger partial charge in [-0.2, -0.15) is 0 Å². The molecule has 2 amide bonds. The molecule has 3 rings (SSSR count). The molecule has 0 radical (unpaired) electrons. The van der Waals surface area contributed by atoms with Gasteiger partial charge in [-0.1, -0.05) is 60.6 Å². The fraction of sp³-hybridized carbons (Fsp3) is 0.677. The number of nitrogens with one attached hydrogen (secondary N) is 1. The lowest BCUT2D eigenvalue weighted by atomic mass is 9.79. The smallest absolute Gasteiger partial charge is 0.305 e. The summed E-state index contributed by atoms with van der Waals surface area (Å²) < 4.78 is 0. The van der Waals surface area contributed by atoms with Crippen LogP contribution in [0.5, 0.6) is 0 Å². The number of hydrogen-bond donors (Lipinski definition) is 2. The van der Waals surface area contributed by atoms with E-state index in [0.29, 0.717) is 17.4 Å². The molecule has 1 saturated carbocycles. The van der Waals surface area contributed by atoms with Gasteiger partial charge in [0.15, 0.2) is 0 Å². The molecule has 3 atom stereocenters. The van der Waals surface area contributed by atoms with Crippen LogP contribution in [-0.2, 0) is 9.59 Å². The monoisotopic (exact) mass is 525 g/mol. The van der Waals surface area contributed by atoms with Gasteiger partial charge in [-0.05, 0) is 73.0 Å². The molecule has 1 aliphatic carbocycles. The highest BCUT2D eigenvalue weighted by Gasteiger charge is 2.45. The largest absolute Gasteiger partial charge is 0.481 e. The van der Waals surface area contributed by atoms with Gasteiger partial charge in [-0.15, -0.1) is 0 Å². The Morgan fingerprint density at radius 2 is 1.71 bits per heavy atom. The van der Waals surface area contributed by atoms with Crippen LogP contribution in [0.25, 0.3) is 0 Å². The minimum atomic E-state index is -0.947. The van der Waals surface area contributed by atoms with Crippen LogP contribution in [0.4, 0.5) is 0 Å². The minimum Gasteiger partial charge on any atom is -0.481 e. The van der Waals surface area contributed by atoms with Gasteiger partial charge in [0.2, 0.25) is 0 Å². The summed E-state index contributed by atoms with van der Waals surface area (Å²) in [6.45, 7) is 15.8. The molecule has 210 valence electrons. The molecule has 1 aromatic rings. The first-order valence-corrected chi connectivity index (χ1v) is 14.2. The summed E-state index contributed by atoms with van der Waals surface area (Å²) in [5, 5.41) is 11.5. The van der Waals surface area contributed by atoms with Crippen LogP contribution >= 0.6 is 0 Å². The average molecular weight is 526 g/mol. The molecule has 7 nitrogen and oxygen atoms in total. The third-order valence-electron chi connectivity index (χ3n) is 8.05. The maximum atomic E-state index is 13.8. The number of aliphatic carboxylic acids is 1. The Balaban J connectivity index is 1.86. The first-order chi connectivity index (χ1) is 17.7. The molecule has 38 heavy (non-hydrogen) atoms. The molecule has 1 aliphatic heterocycles. The molecular weight excluding hydrogens is 478 g/mol. The van der Waals surface area contributed by atoms with Crippen LogP contribution in [-0.4, -0.2) is 46.2 Å². The molecule has 2 N–H and O–H groups in total. The summed E-state index contributed by atoms with van der Waals surface area (Å²) in [6.07, 6.45) is 5.42. The van der Waals surface area contributed by atoms with Gasteiger partial charge in [-0.3, -0.25) is 19.4 Å². The Kier molecular flexibility index (Phi) is 9.43. The van der Waals surface area contributed by atoms with Gasteiger partial charge in [0.1, 0.15) is 11.9 Å². The van der Waals surface area contributed by atoms with Crippen molar-refractivity contribution in [2.45, 2.75) is 106 Å². The zero-order valence-corrected chi connectivity index (χ0v) is 24.3. The zero-order valence-electron chi connectivity index (χ0n) is 24.3. The third kappa shape index (κ3) is 8.15. The van der Waals surface area contributed by atoms with Crippen molar-refractivity contribution < 1.29 is 19.5 Å². The lowest BCUT2D eigenvalue weighted by molar-refractivity contribution is -0.136. The number of amides is 2. The average Bonchev–Trinajstić information content (AvgIpc) is 3.61. The third-order valence-corrected chi connectivity index (χ3v) is 8.05. The van der Waals surface area contributed by atoms with Crippen LogP contribution in [0.3, 0.4) is 0 Å². The molecular formula is C31H47N3O4. The summed E-state index contributed by atoms with van der Waals surface area (Å²) >= 11 is 0. The number of carbonyl (C=O) groups is 3. The Morgan fingerprint density at radius 3 is 2.24 bits per heavy atom. The summed E-state index contributed by atoms with van der Waals surface area (Å²) in [6, 6.07) is 7.30. The van der Waals surface area contributed by atoms with Crippen molar-refractivity contribution in [3.05, 3.63) is 35.4 Å². The van der Waals surface area contributed by atoms with Crippen LogP contribution < -0.4 is 5.32 Å². The molecule has 0 spiro atoms. The number of carboxylic acids is 1. The number of rotatable bonds is 12. The van der Waals surface area contributed by atoms with Crippen molar-refractivity contribution >= 4 is 23.5 Å². The van der Waals surface area contributed by atoms with E-state index in [-0.39, 0.29) is 47.8 Å². The lowest BCUT2D eigenvalue weighted by Crippen LogP contribution is -2.40. The van der Waals surface area contributed by atoms with E-state index in [4.69, 9.17) is 10.1 Å². The van der Waals surface area contributed by atoms with E-state index < -0.39 is 5.97 Å². The summed E-state index contributed by atoms with van der Waals surface area (Å²) in [4.78, 5) is 44.1. The van der Waals surface area contributed by atoms with Crippen molar-refractivity contribution in [3.8, 4) is 0 Å². The normalized spacial score (nSPS) is 19.8. The minimum absolute atomic E-state index is 0.0790. The van der Waals surface area contributed by atoms with E-state index in [1.807, 2.05) is 17.0 Å². The number of carboxylic acid groups (broad SMARTS) is 1. The second-order valence-corrected chi connectivity index (χ2v) is 13.5. The maximum absolute atomic E-state index is 13.8. The van der Waals surface area contributed by atoms with Crippen LogP contribution in [0.1, 0.15) is 115 Å². The number of benzene rings is 1. The maximum Gasteiger partial charge on any atom is 0.305 e. The molecule has 1 fully saturated rings. The van der Waals surface area contributed by atoms with Crippen molar-refractivity contribution in [2.24, 2.45) is 27.7 Å². The SMILES string of the molecule is CC(CCC1N=C(C2CC2)C(=O)N1[C@H](CCC(C)(C)C)c1ccc(C(=O)NCCC(=O)O)cc1)C(C)(C)C. The summed E-state index contributed by atoms with van der Waals surface area (Å²) in [5.41, 5.74) is 2.55. The molecule has 0 aromatic heterocycles. The fourth-order valence-electron chi connectivity index (χ4n) is 4.85. The predicted molar refractivity (Wildman–Crippen MR) is 151 cm³/mol. The van der Waals surface area contributed by atoms with Gasteiger partial charge >= 0.3 is 5.97 Å². The van der Waals surface area contributed by atoms with E-state index in [1.54, 1.807) is 12.1 Å². The molecule has 2 aliphatic rings. The van der Waals surface area contributed by atoms with Crippen molar-refractivity contribution in [2.75, 3.05) is 6.54 Å². The highest BCUT2D eigenvalue weighted by molar-refractivity contribution is 6.41. The zero-order chi connectivity index (χ0) is 28.3. The highest BCUT2D eigenvalue weighted by Crippen LogP contribution is 2.41. The fourth-order valence-corrected chi connectivity index (χ4v) is 4.85. The lowest BCUT2D eigenvalue weighted by Gasteiger charge is -2.36. The standard InChI is InChI=1S/C31H47N3O4/c1-20(31(5,6)7)8-15-25-33-27(22-11-12-22)29(38)34(25)24(16-18-30(2,3)4)21-9-13-23(14-10-21)28(37)32-19-17-26(35)36/h9-10,13-14,20,22,24-25H,8,11-12,15-19H2,1-7H3,(H,32,37)(H,35,36)/t20?,24-,25?/m1/s1. The van der Waals surface area contributed by atoms with E-state index >= 15 is 0 Å². The van der Waals surface area contributed by atoms with Crippen molar-refractivity contribution in [1.82, 2.24) is 10.2 Å². The van der Waals surface area contributed by atoms with Crippen molar-refractivity contribution in [1.29, 1.82) is 0 Å². The molecule has 1 heterocycles. The van der Waals surface area contributed by atoms with Crippen LogP contribution in [0.15, 0.2) is 29.3 Å². The Bertz CT molecular complexity index is 1030. The molecule has 7 heteroatoms. The van der Waals surface area contributed by atoms with E-state index in [2.05, 4.69) is 53.8 Å². The summed E-state index contributed by atoms with van der Waals surface area (Å²) in [7, 11) is 0. The Labute approximate surface area is 228 Å². The molecule has 2 unspecified atom stereocenters. The van der Waals surface area contributed by atoms with Gasteiger partial charge < -0.3 is 15.3 Å². The topological polar surface area (TPSA) is 99.1 Å². The van der Waals surface area contributed by atoms with E-state index in [9.17, 15) is 14.4 Å². The predicted octanol–water partition coefficient (Wildman–Crippen LogP) is 6.24. The number of hydrogen-bond acceptors (Lipinski definition) is 4. The Morgan fingerprint density at radius 1 is 1.08 bits per heavy atom. The quantitative estimate of drug-likeness (QED) is 0.337. The Hall–Kier alpha value is -2.70. The second-order valence-electron chi connectivity index (χ2n) is 13.5. The van der Waals surface area contributed by atoms with Gasteiger partial charge in [0.05, 0.1) is 12.5 Å². The van der Waals surface area contributed by atoms with E-state index in [0.717, 1.165) is 49.8 Å². The van der Waals surface area contributed by atoms with Crippen LogP contribution in [0.2, 0.25) is 0 Å². The second kappa shape index (κ2) is 12.0. The van der Waals surface area contributed by atoms with Gasteiger partial charge in [-0.25, -0.2) is 0 Å². The molecule has 0 bridgehead atoms. The summed E-state index contributed by atoms with van der Waals surface area (Å²) in [5.74, 6) is -0.358. The highest BCUT2D eigenvalue weighted by atomic mass is 16.4. The van der Waals surface area contributed by atoms with Crippen molar-refractivity contribution in [3.63, 3.8) is 0 Å². The molecule has 0 saturated heterocycles. The van der Waals surface area contributed by atoms with Gasteiger partial charge in [0.25, 0.3) is 11.8 Å². The number of carbonyl (C=O) groups excluding carboxylic acids is 2. The number of nitrogens with zero attached hydrogens (tertiary/aromatic N) is 2.